The van der Waals surface area contributed by atoms with E-state index >= 15 is 0 Å². The first kappa shape index (κ1) is 21.1. The van der Waals surface area contributed by atoms with Crippen molar-refractivity contribution >= 4 is 75.3 Å². The lowest BCUT2D eigenvalue weighted by molar-refractivity contribution is 0.669. The number of para-hydroxylation sites is 3. The van der Waals surface area contributed by atoms with Crippen molar-refractivity contribution in [3.63, 3.8) is 0 Å². The lowest BCUT2D eigenvalue weighted by Crippen LogP contribution is -1.92. The minimum absolute atomic E-state index is 0.943. The predicted molar refractivity (Wildman–Crippen MR) is 166 cm³/mol. The molecule has 0 N–H and O–H groups in total. The molecule has 2 nitrogen and oxygen atoms in total. The number of fused-ring (bicyclic) bond motifs is 10. The van der Waals surface area contributed by atoms with Gasteiger partial charge in [-0.15, -0.1) is 11.3 Å². The second-order valence-electron chi connectivity index (χ2n) is 10.1. The molecule has 6 aromatic carbocycles. The highest BCUT2D eigenvalue weighted by molar-refractivity contribution is 7.27. The van der Waals surface area contributed by atoms with Crippen molar-refractivity contribution in [1.82, 2.24) is 4.57 Å². The van der Waals surface area contributed by atoms with Crippen LogP contribution in [0.5, 0.6) is 0 Å². The standard InChI is InChI=1S/C36H21NOS/c1-2-9-23(10-3-1)37-30-15-6-4-11-25(30)29-21-22(17-19-31(29)37)24-13-8-14-26-27-18-20-33-34(36(27)39-35(24)26)28-12-5-7-16-32(28)38-33/h1-21H. The summed E-state index contributed by atoms with van der Waals surface area (Å²) in [7, 11) is 0. The highest BCUT2D eigenvalue weighted by atomic mass is 32.1. The van der Waals surface area contributed by atoms with E-state index in [-0.39, 0.29) is 0 Å². The molecule has 0 atom stereocenters. The summed E-state index contributed by atoms with van der Waals surface area (Å²) in [6.07, 6.45) is 0. The first-order valence-electron chi connectivity index (χ1n) is 13.2. The van der Waals surface area contributed by atoms with Crippen molar-refractivity contribution in [2.45, 2.75) is 0 Å². The number of nitrogens with zero attached hydrogens (tertiary/aromatic N) is 1. The zero-order chi connectivity index (χ0) is 25.5. The van der Waals surface area contributed by atoms with Crippen LogP contribution in [0.4, 0.5) is 0 Å². The Morgan fingerprint density at radius 3 is 2.15 bits per heavy atom. The number of benzene rings is 6. The fourth-order valence-corrected chi connectivity index (χ4v) is 7.68. The van der Waals surface area contributed by atoms with Crippen molar-refractivity contribution in [2.24, 2.45) is 0 Å². The molecule has 0 radical (unpaired) electrons. The average Bonchev–Trinajstić information content (AvgIpc) is 3.66. The number of aromatic nitrogens is 1. The molecule has 39 heavy (non-hydrogen) atoms. The van der Waals surface area contributed by atoms with Crippen LogP contribution in [0.1, 0.15) is 0 Å². The molecule has 0 aliphatic carbocycles. The van der Waals surface area contributed by atoms with Crippen LogP contribution in [0.25, 0.3) is 80.7 Å². The van der Waals surface area contributed by atoms with Gasteiger partial charge in [-0.1, -0.05) is 78.9 Å². The Labute approximate surface area is 227 Å². The van der Waals surface area contributed by atoms with E-state index in [9.17, 15) is 0 Å². The predicted octanol–water partition coefficient (Wildman–Crippen LogP) is 10.7. The Bertz CT molecular complexity index is 2390. The second kappa shape index (κ2) is 7.83. The van der Waals surface area contributed by atoms with Gasteiger partial charge in [0.2, 0.25) is 0 Å². The molecule has 9 aromatic rings. The van der Waals surface area contributed by atoms with Crippen LogP contribution in [0, 0.1) is 0 Å². The normalized spacial score (nSPS) is 12.1. The molecule has 3 heterocycles. The fraction of sp³-hybridized carbons (Fsp3) is 0. The zero-order valence-electron chi connectivity index (χ0n) is 20.9. The lowest BCUT2D eigenvalue weighted by Gasteiger charge is -2.08. The Morgan fingerprint density at radius 2 is 1.23 bits per heavy atom. The van der Waals surface area contributed by atoms with Gasteiger partial charge in [-0.25, -0.2) is 0 Å². The maximum Gasteiger partial charge on any atom is 0.136 e. The number of hydrogen-bond donors (Lipinski definition) is 0. The zero-order valence-corrected chi connectivity index (χ0v) is 21.7. The Hall–Kier alpha value is -4.86. The van der Waals surface area contributed by atoms with Crippen LogP contribution in [0.15, 0.2) is 132 Å². The van der Waals surface area contributed by atoms with Crippen molar-refractivity contribution < 1.29 is 4.42 Å². The second-order valence-corrected chi connectivity index (χ2v) is 11.1. The van der Waals surface area contributed by atoms with E-state index in [4.69, 9.17) is 4.42 Å². The van der Waals surface area contributed by atoms with Gasteiger partial charge >= 0.3 is 0 Å². The van der Waals surface area contributed by atoms with Crippen LogP contribution >= 0.6 is 11.3 Å². The monoisotopic (exact) mass is 515 g/mol. The van der Waals surface area contributed by atoms with Gasteiger partial charge in [-0.2, -0.15) is 0 Å². The maximum atomic E-state index is 6.20. The van der Waals surface area contributed by atoms with Crippen molar-refractivity contribution in [1.29, 1.82) is 0 Å². The first-order valence-corrected chi connectivity index (χ1v) is 14.0. The molecule has 0 bridgehead atoms. The molecule has 0 aliphatic heterocycles. The first-order chi connectivity index (χ1) is 19.3. The third-order valence-electron chi connectivity index (χ3n) is 8.00. The summed E-state index contributed by atoms with van der Waals surface area (Å²) >= 11 is 1.88. The van der Waals surface area contributed by atoms with Crippen LogP contribution in [-0.4, -0.2) is 4.57 Å². The van der Waals surface area contributed by atoms with E-state index in [0.29, 0.717) is 0 Å². The quantitative estimate of drug-likeness (QED) is 0.224. The van der Waals surface area contributed by atoms with Gasteiger partial charge < -0.3 is 8.98 Å². The lowest BCUT2D eigenvalue weighted by atomic mass is 10.00. The summed E-state index contributed by atoms with van der Waals surface area (Å²) in [5.74, 6) is 0. The van der Waals surface area contributed by atoms with Gasteiger partial charge in [0.15, 0.2) is 0 Å². The van der Waals surface area contributed by atoms with Crippen LogP contribution in [-0.2, 0) is 0 Å². The summed E-state index contributed by atoms with van der Waals surface area (Å²) in [4.78, 5) is 0. The third kappa shape index (κ3) is 2.91. The smallest absolute Gasteiger partial charge is 0.136 e. The van der Waals surface area contributed by atoms with E-state index in [1.165, 1.54) is 69.6 Å². The van der Waals surface area contributed by atoms with E-state index in [1.807, 2.05) is 17.4 Å². The molecule has 182 valence electrons. The van der Waals surface area contributed by atoms with Gasteiger partial charge in [0, 0.05) is 47.4 Å². The molecule has 0 aliphatic rings. The minimum Gasteiger partial charge on any atom is -0.456 e. The fourth-order valence-electron chi connectivity index (χ4n) is 6.29. The molecular weight excluding hydrogens is 494 g/mol. The van der Waals surface area contributed by atoms with Gasteiger partial charge in [0.1, 0.15) is 11.2 Å². The van der Waals surface area contributed by atoms with Crippen molar-refractivity contribution in [2.75, 3.05) is 0 Å². The summed E-state index contributed by atoms with van der Waals surface area (Å²) in [6.45, 7) is 0. The van der Waals surface area contributed by atoms with Crippen molar-refractivity contribution in [3.8, 4) is 16.8 Å². The maximum absolute atomic E-state index is 6.20. The minimum atomic E-state index is 0.943. The van der Waals surface area contributed by atoms with Crippen LogP contribution < -0.4 is 0 Å². The van der Waals surface area contributed by atoms with Crippen LogP contribution in [0.3, 0.4) is 0 Å². The highest BCUT2D eigenvalue weighted by Gasteiger charge is 2.18. The molecule has 0 saturated carbocycles. The molecule has 0 spiro atoms. The molecule has 0 fully saturated rings. The average molecular weight is 516 g/mol. The van der Waals surface area contributed by atoms with Crippen LogP contribution in [0.2, 0.25) is 0 Å². The van der Waals surface area contributed by atoms with E-state index < -0.39 is 0 Å². The number of thiophene rings is 1. The van der Waals surface area contributed by atoms with E-state index in [2.05, 4.69) is 126 Å². The van der Waals surface area contributed by atoms with Gasteiger partial charge in [0.05, 0.1) is 11.0 Å². The summed E-state index contributed by atoms with van der Waals surface area (Å²) < 4.78 is 11.2. The van der Waals surface area contributed by atoms with E-state index in [0.717, 1.165) is 11.2 Å². The van der Waals surface area contributed by atoms with Gasteiger partial charge in [0.25, 0.3) is 0 Å². The topological polar surface area (TPSA) is 18.1 Å². The molecule has 0 amide bonds. The van der Waals surface area contributed by atoms with Crippen molar-refractivity contribution in [3.05, 3.63) is 127 Å². The number of furan rings is 1. The third-order valence-corrected chi connectivity index (χ3v) is 9.28. The Balaban J connectivity index is 1.33. The Kier molecular flexibility index (Phi) is 4.24. The summed E-state index contributed by atoms with van der Waals surface area (Å²) in [5.41, 5.74) is 8.03. The molecule has 3 aromatic heterocycles. The summed E-state index contributed by atoms with van der Waals surface area (Å²) in [5, 5.41) is 7.53. The van der Waals surface area contributed by atoms with Gasteiger partial charge in [-0.05, 0) is 59.7 Å². The molecule has 3 heteroatoms. The molecular formula is C36H21NOS. The van der Waals surface area contributed by atoms with Gasteiger partial charge in [-0.3, -0.25) is 0 Å². The molecule has 0 saturated heterocycles. The molecule has 0 unspecified atom stereocenters. The SMILES string of the molecule is c1ccc(-n2c3ccccc3c3cc(-c4cccc5c4sc4c5ccc5oc6ccccc6c54)ccc32)cc1. The van der Waals surface area contributed by atoms with E-state index in [1.54, 1.807) is 0 Å². The number of hydrogen-bond acceptors (Lipinski definition) is 2. The Morgan fingerprint density at radius 1 is 0.487 bits per heavy atom. The highest BCUT2D eigenvalue weighted by Crippen LogP contribution is 2.46. The molecule has 9 rings (SSSR count). The number of rotatable bonds is 2. The summed E-state index contributed by atoms with van der Waals surface area (Å²) in [6, 6.07) is 45.7. The largest absolute Gasteiger partial charge is 0.456 e.